The highest BCUT2D eigenvalue weighted by Crippen LogP contribution is 2.21. The summed E-state index contributed by atoms with van der Waals surface area (Å²) in [5.74, 6) is 0.497. The molecule has 2 heterocycles. The fraction of sp³-hybridized carbons (Fsp3) is 0. The average Bonchev–Trinajstić information content (AvgIpc) is 3.02. The molecule has 21 heavy (non-hydrogen) atoms. The van der Waals surface area contributed by atoms with E-state index in [4.69, 9.17) is 4.42 Å². The van der Waals surface area contributed by atoms with Gasteiger partial charge in [-0.3, -0.25) is 4.79 Å². The van der Waals surface area contributed by atoms with Crippen LogP contribution in [-0.4, -0.2) is 15.9 Å². The van der Waals surface area contributed by atoms with Crippen LogP contribution in [-0.2, 0) is 0 Å². The predicted molar refractivity (Wildman–Crippen MR) is 81.8 cm³/mol. The summed E-state index contributed by atoms with van der Waals surface area (Å²) >= 11 is 3.24. The van der Waals surface area contributed by atoms with Gasteiger partial charge in [-0.05, 0) is 52.3 Å². The topological polar surface area (TPSA) is 68.0 Å². The first-order valence-corrected chi connectivity index (χ1v) is 6.93. The van der Waals surface area contributed by atoms with E-state index in [-0.39, 0.29) is 5.91 Å². The number of amides is 1. The molecular weight excluding hydrogens is 334 g/mol. The molecule has 1 aromatic carbocycles. The van der Waals surface area contributed by atoms with E-state index in [0.29, 0.717) is 21.6 Å². The fourth-order valence-electron chi connectivity index (χ4n) is 1.82. The molecule has 104 valence electrons. The standard InChI is InChI=1S/C15H10BrN3O2/c16-14-7-11(5-6-18-14)15(20)19-12-3-1-10(2-4-12)13-8-17-9-21-13/h1-9H,(H,19,20). The molecular formula is C15H10BrN3O2. The molecule has 0 spiro atoms. The van der Waals surface area contributed by atoms with Crippen molar-refractivity contribution in [2.24, 2.45) is 0 Å². The van der Waals surface area contributed by atoms with Gasteiger partial charge in [-0.2, -0.15) is 0 Å². The summed E-state index contributed by atoms with van der Waals surface area (Å²) in [4.78, 5) is 20.0. The number of benzene rings is 1. The summed E-state index contributed by atoms with van der Waals surface area (Å²) in [6.45, 7) is 0. The lowest BCUT2D eigenvalue weighted by Crippen LogP contribution is -2.11. The number of aromatic nitrogens is 2. The number of carbonyl (C=O) groups is 1. The minimum absolute atomic E-state index is 0.189. The molecule has 0 saturated carbocycles. The Morgan fingerprint density at radius 3 is 2.67 bits per heavy atom. The highest BCUT2D eigenvalue weighted by molar-refractivity contribution is 9.10. The van der Waals surface area contributed by atoms with E-state index in [2.05, 4.69) is 31.2 Å². The van der Waals surface area contributed by atoms with Gasteiger partial charge in [0.2, 0.25) is 0 Å². The van der Waals surface area contributed by atoms with Crippen molar-refractivity contribution < 1.29 is 9.21 Å². The summed E-state index contributed by atoms with van der Waals surface area (Å²) < 4.78 is 5.83. The smallest absolute Gasteiger partial charge is 0.255 e. The Hall–Kier alpha value is -2.47. The highest BCUT2D eigenvalue weighted by atomic mass is 79.9. The van der Waals surface area contributed by atoms with Crippen LogP contribution in [0.25, 0.3) is 11.3 Å². The van der Waals surface area contributed by atoms with Gasteiger partial charge in [0, 0.05) is 23.0 Å². The van der Waals surface area contributed by atoms with Gasteiger partial charge < -0.3 is 9.73 Å². The third kappa shape index (κ3) is 3.17. The van der Waals surface area contributed by atoms with Crippen LogP contribution in [0.4, 0.5) is 5.69 Å². The Balaban J connectivity index is 1.75. The molecule has 0 fully saturated rings. The van der Waals surface area contributed by atoms with E-state index < -0.39 is 0 Å². The van der Waals surface area contributed by atoms with Crippen LogP contribution in [0.5, 0.6) is 0 Å². The second kappa shape index (κ2) is 5.88. The molecule has 1 N–H and O–H groups in total. The molecule has 0 radical (unpaired) electrons. The molecule has 0 aliphatic heterocycles. The van der Waals surface area contributed by atoms with Crippen molar-refractivity contribution in [2.45, 2.75) is 0 Å². The summed E-state index contributed by atoms with van der Waals surface area (Å²) in [5, 5.41) is 2.82. The van der Waals surface area contributed by atoms with Gasteiger partial charge in [-0.25, -0.2) is 9.97 Å². The number of nitrogens with one attached hydrogen (secondary N) is 1. The molecule has 2 aromatic heterocycles. The van der Waals surface area contributed by atoms with E-state index in [1.165, 1.54) is 6.39 Å². The average molecular weight is 344 g/mol. The molecule has 0 atom stereocenters. The largest absolute Gasteiger partial charge is 0.444 e. The van der Waals surface area contributed by atoms with Crippen LogP contribution < -0.4 is 5.32 Å². The molecule has 1 amide bonds. The first-order chi connectivity index (χ1) is 10.2. The van der Waals surface area contributed by atoms with Gasteiger partial charge in [0.1, 0.15) is 4.60 Å². The highest BCUT2D eigenvalue weighted by Gasteiger charge is 2.07. The van der Waals surface area contributed by atoms with Gasteiger partial charge in [0.05, 0.1) is 6.20 Å². The molecule has 0 unspecified atom stereocenters. The van der Waals surface area contributed by atoms with Crippen LogP contribution >= 0.6 is 15.9 Å². The zero-order valence-corrected chi connectivity index (χ0v) is 12.4. The van der Waals surface area contributed by atoms with Crippen molar-refractivity contribution >= 4 is 27.5 Å². The minimum Gasteiger partial charge on any atom is -0.444 e. The van der Waals surface area contributed by atoms with Crippen molar-refractivity contribution in [1.29, 1.82) is 0 Å². The third-order valence-corrected chi connectivity index (χ3v) is 3.28. The molecule has 3 rings (SSSR count). The molecule has 5 nitrogen and oxygen atoms in total. The summed E-state index contributed by atoms with van der Waals surface area (Å²) in [6, 6.07) is 10.7. The van der Waals surface area contributed by atoms with Gasteiger partial charge in [-0.15, -0.1) is 0 Å². The second-order valence-corrected chi connectivity index (χ2v) is 5.08. The quantitative estimate of drug-likeness (QED) is 0.735. The van der Waals surface area contributed by atoms with Crippen molar-refractivity contribution in [3.05, 3.63) is 65.4 Å². The maximum Gasteiger partial charge on any atom is 0.255 e. The Morgan fingerprint density at radius 2 is 2.00 bits per heavy atom. The normalized spacial score (nSPS) is 10.3. The number of halogens is 1. The Kier molecular flexibility index (Phi) is 3.79. The monoisotopic (exact) mass is 343 g/mol. The lowest BCUT2D eigenvalue weighted by Gasteiger charge is -2.06. The Bertz CT molecular complexity index is 755. The Labute approximate surface area is 129 Å². The molecule has 0 aliphatic rings. The van der Waals surface area contributed by atoms with E-state index >= 15 is 0 Å². The van der Waals surface area contributed by atoms with Crippen LogP contribution in [0.3, 0.4) is 0 Å². The lowest BCUT2D eigenvalue weighted by atomic mass is 10.1. The predicted octanol–water partition coefficient (Wildman–Crippen LogP) is 3.75. The van der Waals surface area contributed by atoms with Crippen LogP contribution in [0.2, 0.25) is 0 Å². The van der Waals surface area contributed by atoms with E-state index in [1.807, 2.05) is 24.3 Å². The molecule has 3 aromatic rings. The first kappa shape index (κ1) is 13.5. The second-order valence-electron chi connectivity index (χ2n) is 4.26. The Morgan fingerprint density at radius 1 is 1.19 bits per heavy atom. The number of hydrogen-bond donors (Lipinski definition) is 1. The zero-order chi connectivity index (χ0) is 14.7. The number of rotatable bonds is 3. The number of hydrogen-bond acceptors (Lipinski definition) is 4. The van der Waals surface area contributed by atoms with Crippen molar-refractivity contribution in [3.63, 3.8) is 0 Å². The SMILES string of the molecule is O=C(Nc1ccc(-c2cnco2)cc1)c1ccnc(Br)c1. The van der Waals surface area contributed by atoms with E-state index in [9.17, 15) is 4.79 Å². The van der Waals surface area contributed by atoms with E-state index in [1.54, 1.807) is 24.5 Å². The molecule has 6 heteroatoms. The van der Waals surface area contributed by atoms with Crippen LogP contribution in [0.15, 0.2) is 64.2 Å². The number of anilines is 1. The lowest BCUT2D eigenvalue weighted by molar-refractivity contribution is 0.102. The van der Waals surface area contributed by atoms with Gasteiger partial charge >= 0.3 is 0 Å². The number of carbonyl (C=O) groups excluding carboxylic acids is 1. The number of oxazole rings is 1. The van der Waals surface area contributed by atoms with Gasteiger partial charge in [-0.1, -0.05) is 0 Å². The summed E-state index contributed by atoms with van der Waals surface area (Å²) in [5.41, 5.74) is 2.14. The maximum absolute atomic E-state index is 12.1. The minimum atomic E-state index is -0.189. The van der Waals surface area contributed by atoms with Crippen molar-refractivity contribution in [2.75, 3.05) is 5.32 Å². The van der Waals surface area contributed by atoms with Gasteiger partial charge in [0.15, 0.2) is 12.2 Å². The first-order valence-electron chi connectivity index (χ1n) is 6.14. The zero-order valence-electron chi connectivity index (χ0n) is 10.8. The summed E-state index contributed by atoms with van der Waals surface area (Å²) in [6.07, 6.45) is 4.60. The number of nitrogens with zero attached hydrogens (tertiary/aromatic N) is 2. The molecule has 0 saturated heterocycles. The third-order valence-electron chi connectivity index (χ3n) is 2.85. The van der Waals surface area contributed by atoms with Crippen molar-refractivity contribution in [3.8, 4) is 11.3 Å². The fourth-order valence-corrected chi connectivity index (χ4v) is 2.19. The van der Waals surface area contributed by atoms with E-state index in [0.717, 1.165) is 5.56 Å². The molecule has 0 bridgehead atoms. The van der Waals surface area contributed by atoms with Gasteiger partial charge in [0.25, 0.3) is 5.91 Å². The maximum atomic E-state index is 12.1. The van der Waals surface area contributed by atoms with Crippen LogP contribution in [0, 0.1) is 0 Å². The van der Waals surface area contributed by atoms with Crippen molar-refractivity contribution in [1.82, 2.24) is 9.97 Å². The summed E-state index contributed by atoms with van der Waals surface area (Å²) in [7, 11) is 0. The molecule has 0 aliphatic carbocycles. The number of pyridine rings is 1. The van der Waals surface area contributed by atoms with Crippen LogP contribution in [0.1, 0.15) is 10.4 Å².